The fraction of sp³-hybridized carbons (Fsp3) is 0.696. The number of carbonyl (C=O) groups is 3. The Morgan fingerprint density at radius 1 is 1.00 bits per heavy atom. The highest BCUT2D eigenvalue weighted by molar-refractivity contribution is 6.03. The van der Waals surface area contributed by atoms with Crippen LogP contribution in [0.1, 0.15) is 65.2 Å². The van der Waals surface area contributed by atoms with Crippen LogP contribution in [-0.2, 0) is 9.53 Å². The Hall–Kier alpha value is -2.19. The lowest BCUT2D eigenvalue weighted by molar-refractivity contribution is -0.136. The number of ether oxygens (including phenoxy) is 1. The first-order valence-corrected chi connectivity index (χ1v) is 11.5. The van der Waals surface area contributed by atoms with Crippen molar-refractivity contribution in [2.24, 2.45) is 0 Å². The molecule has 0 aromatic carbocycles. The van der Waals surface area contributed by atoms with Gasteiger partial charge in [0.05, 0.1) is 19.7 Å². The number of H-pyrrole nitrogens is 1. The number of ketones is 1. The predicted octanol–water partition coefficient (Wildman–Crippen LogP) is 2.01. The molecule has 0 saturated carbocycles. The zero-order valence-corrected chi connectivity index (χ0v) is 19.3. The van der Waals surface area contributed by atoms with E-state index in [2.05, 4.69) is 21.7 Å². The van der Waals surface area contributed by atoms with E-state index in [0.29, 0.717) is 48.3 Å². The first-order chi connectivity index (χ1) is 14.8. The molecule has 8 heteroatoms. The molecule has 0 aliphatic carbocycles. The van der Waals surface area contributed by atoms with Crippen LogP contribution in [0.2, 0.25) is 0 Å². The average molecular weight is 433 g/mol. The van der Waals surface area contributed by atoms with Gasteiger partial charge in [-0.05, 0) is 52.5 Å². The molecule has 3 rings (SSSR count). The van der Waals surface area contributed by atoms with Gasteiger partial charge in [0.15, 0.2) is 5.78 Å². The minimum Gasteiger partial charge on any atom is -0.461 e. The second-order valence-electron chi connectivity index (χ2n) is 8.75. The number of aromatic amines is 1. The summed E-state index contributed by atoms with van der Waals surface area (Å²) in [6.45, 7) is 12.5. The van der Waals surface area contributed by atoms with Gasteiger partial charge < -0.3 is 14.6 Å². The zero-order chi connectivity index (χ0) is 22.5. The molecule has 1 N–H and O–H groups in total. The molecule has 1 unspecified atom stereocenters. The molecular formula is C23H36N4O4. The van der Waals surface area contributed by atoms with Crippen molar-refractivity contribution in [3.8, 4) is 0 Å². The molecular weight excluding hydrogens is 396 g/mol. The number of piperidine rings is 1. The van der Waals surface area contributed by atoms with Crippen molar-refractivity contribution < 1.29 is 19.1 Å². The van der Waals surface area contributed by atoms with Crippen LogP contribution >= 0.6 is 0 Å². The van der Waals surface area contributed by atoms with Crippen LogP contribution in [0.4, 0.5) is 0 Å². The smallest absolute Gasteiger partial charge is 0.355 e. The lowest BCUT2D eigenvalue weighted by atomic mass is 10.0. The van der Waals surface area contributed by atoms with Gasteiger partial charge >= 0.3 is 5.97 Å². The number of Topliss-reactive ketones (excluding diaryl/α,β-unsaturated/α-hetero) is 1. The SMILES string of the molecule is CCOC(=O)c1[nH]c(C)c(C(=O)CN2CCN(CC(=O)N3CCCCC3C)CC2)c1C. The van der Waals surface area contributed by atoms with Crippen molar-refractivity contribution in [2.45, 2.75) is 53.0 Å². The summed E-state index contributed by atoms with van der Waals surface area (Å²) in [4.78, 5) is 47.1. The zero-order valence-electron chi connectivity index (χ0n) is 19.3. The first kappa shape index (κ1) is 23.5. The third kappa shape index (κ3) is 5.54. The van der Waals surface area contributed by atoms with Crippen molar-refractivity contribution in [3.63, 3.8) is 0 Å². The van der Waals surface area contributed by atoms with Crippen LogP contribution in [-0.4, -0.2) is 95.8 Å². The number of carbonyl (C=O) groups excluding carboxylic acids is 3. The maximum atomic E-state index is 13.0. The molecule has 3 heterocycles. The first-order valence-electron chi connectivity index (χ1n) is 11.5. The number of hydrogen-bond donors (Lipinski definition) is 1. The summed E-state index contributed by atoms with van der Waals surface area (Å²) in [5.41, 5.74) is 2.30. The van der Waals surface area contributed by atoms with Crippen LogP contribution in [0.5, 0.6) is 0 Å². The van der Waals surface area contributed by atoms with Gasteiger partial charge in [0, 0.05) is 50.0 Å². The number of nitrogens with zero attached hydrogens (tertiary/aromatic N) is 3. The number of amides is 1. The van der Waals surface area contributed by atoms with Gasteiger partial charge in [0.2, 0.25) is 5.91 Å². The molecule has 2 aliphatic rings. The molecule has 0 bridgehead atoms. The van der Waals surface area contributed by atoms with E-state index >= 15 is 0 Å². The average Bonchev–Trinajstić information content (AvgIpc) is 3.04. The van der Waals surface area contributed by atoms with Crippen LogP contribution < -0.4 is 0 Å². The summed E-state index contributed by atoms with van der Waals surface area (Å²) >= 11 is 0. The van der Waals surface area contributed by atoms with E-state index in [-0.39, 0.29) is 11.7 Å². The van der Waals surface area contributed by atoms with E-state index in [1.807, 2.05) is 11.8 Å². The molecule has 1 amide bonds. The summed E-state index contributed by atoms with van der Waals surface area (Å²) in [6, 6.07) is 0.340. The Morgan fingerprint density at radius 3 is 2.26 bits per heavy atom. The Balaban J connectivity index is 1.51. The van der Waals surface area contributed by atoms with E-state index in [9.17, 15) is 14.4 Å². The topological polar surface area (TPSA) is 86.0 Å². The Bertz CT molecular complexity index is 811. The van der Waals surface area contributed by atoms with Crippen LogP contribution in [0.15, 0.2) is 0 Å². The van der Waals surface area contributed by atoms with Crippen molar-refractivity contribution in [2.75, 3.05) is 52.4 Å². The normalized spacial score (nSPS) is 20.6. The van der Waals surface area contributed by atoms with Gasteiger partial charge in [-0.1, -0.05) is 0 Å². The molecule has 8 nitrogen and oxygen atoms in total. The lowest BCUT2D eigenvalue weighted by Gasteiger charge is -2.37. The third-order valence-corrected chi connectivity index (χ3v) is 6.51. The molecule has 172 valence electrons. The Morgan fingerprint density at radius 2 is 1.65 bits per heavy atom. The third-order valence-electron chi connectivity index (χ3n) is 6.51. The number of aromatic nitrogens is 1. The number of hydrogen-bond acceptors (Lipinski definition) is 6. The highest BCUT2D eigenvalue weighted by Crippen LogP contribution is 2.20. The molecule has 2 fully saturated rings. The number of aryl methyl sites for hydroxylation is 1. The van der Waals surface area contributed by atoms with Crippen LogP contribution in [0, 0.1) is 13.8 Å². The van der Waals surface area contributed by atoms with E-state index in [4.69, 9.17) is 4.74 Å². The maximum absolute atomic E-state index is 13.0. The number of likely N-dealkylation sites (tertiary alicyclic amines) is 1. The van der Waals surface area contributed by atoms with E-state index in [1.165, 1.54) is 6.42 Å². The number of piperazine rings is 1. The van der Waals surface area contributed by atoms with Crippen molar-refractivity contribution in [1.82, 2.24) is 19.7 Å². The minimum absolute atomic E-state index is 0.00784. The van der Waals surface area contributed by atoms with E-state index in [0.717, 1.165) is 45.6 Å². The van der Waals surface area contributed by atoms with Gasteiger partial charge in [0.25, 0.3) is 0 Å². The summed E-state index contributed by atoms with van der Waals surface area (Å²) in [6.07, 6.45) is 3.40. The number of rotatable bonds is 7. The summed E-state index contributed by atoms with van der Waals surface area (Å²) < 4.78 is 5.07. The van der Waals surface area contributed by atoms with Gasteiger partial charge in [0.1, 0.15) is 5.69 Å². The Labute approximate surface area is 184 Å². The van der Waals surface area contributed by atoms with E-state index < -0.39 is 5.97 Å². The molecule has 1 aromatic rings. The molecule has 31 heavy (non-hydrogen) atoms. The van der Waals surface area contributed by atoms with Gasteiger partial charge in [-0.25, -0.2) is 4.79 Å². The van der Waals surface area contributed by atoms with Gasteiger partial charge in [-0.15, -0.1) is 0 Å². The molecule has 1 aromatic heterocycles. The number of esters is 1. The lowest BCUT2D eigenvalue weighted by Crippen LogP contribution is -2.52. The molecule has 2 saturated heterocycles. The molecule has 0 radical (unpaired) electrons. The monoisotopic (exact) mass is 432 g/mol. The van der Waals surface area contributed by atoms with Crippen LogP contribution in [0.3, 0.4) is 0 Å². The second kappa shape index (κ2) is 10.4. The molecule has 2 aliphatic heterocycles. The van der Waals surface area contributed by atoms with Crippen molar-refractivity contribution in [3.05, 3.63) is 22.5 Å². The van der Waals surface area contributed by atoms with Crippen molar-refractivity contribution >= 4 is 17.7 Å². The second-order valence-corrected chi connectivity index (χ2v) is 8.75. The fourth-order valence-electron chi connectivity index (χ4n) is 4.71. The summed E-state index contributed by atoms with van der Waals surface area (Å²) in [5, 5.41) is 0. The highest BCUT2D eigenvalue weighted by atomic mass is 16.5. The minimum atomic E-state index is -0.427. The molecule has 0 spiro atoms. The van der Waals surface area contributed by atoms with Gasteiger partial charge in [-0.2, -0.15) is 0 Å². The summed E-state index contributed by atoms with van der Waals surface area (Å²) in [7, 11) is 0. The maximum Gasteiger partial charge on any atom is 0.355 e. The predicted molar refractivity (Wildman–Crippen MR) is 118 cm³/mol. The Kier molecular flexibility index (Phi) is 7.89. The highest BCUT2D eigenvalue weighted by Gasteiger charge is 2.28. The standard InChI is InChI=1S/C23H36N4O4/c1-5-31-23(30)22-17(3)21(18(4)24-22)19(28)14-25-10-12-26(13-11-25)15-20(29)27-9-7-6-8-16(27)2/h16,24H,5-15H2,1-4H3. The fourth-order valence-corrected chi connectivity index (χ4v) is 4.71. The largest absolute Gasteiger partial charge is 0.461 e. The van der Waals surface area contributed by atoms with Gasteiger partial charge in [-0.3, -0.25) is 19.4 Å². The van der Waals surface area contributed by atoms with E-state index in [1.54, 1.807) is 13.8 Å². The van der Waals surface area contributed by atoms with Crippen molar-refractivity contribution in [1.29, 1.82) is 0 Å². The summed E-state index contributed by atoms with van der Waals surface area (Å²) in [5.74, 6) is -0.196. The quantitative estimate of drug-likeness (QED) is 0.524. The van der Waals surface area contributed by atoms with Crippen LogP contribution in [0.25, 0.3) is 0 Å². The number of nitrogens with one attached hydrogen (secondary N) is 1. The molecule has 1 atom stereocenters.